The Labute approximate surface area is 95.4 Å². The van der Waals surface area contributed by atoms with Crippen molar-refractivity contribution in [1.29, 1.82) is 0 Å². The van der Waals surface area contributed by atoms with Gasteiger partial charge in [-0.2, -0.15) is 0 Å². The van der Waals surface area contributed by atoms with Crippen molar-refractivity contribution in [2.75, 3.05) is 0 Å². The van der Waals surface area contributed by atoms with Gasteiger partial charge in [-0.05, 0) is 36.8 Å². The number of ether oxygens (including phenoxy) is 1. The molecule has 3 nitrogen and oxygen atoms in total. The molecule has 0 amide bonds. The lowest BCUT2D eigenvalue weighted by Gasteiger charge is -2.12. The first-order valence-electron chi connectivity index (χ1n) is 5.20. The Hall–Kier alpha value is -1.61. The SMILES string of the molecule is C=CC(=O)c1ccc(OC(O)CC)cc1C. The largest absolute Gasteiger partial charge is 0.465 e. The van der Waals surface area contributed by atoms with Crippen LogP contribution in [0.4, 0.5) is 0 Å². The van der Waals surface area contributed by atoms with Crippen LogP contribution in [0.1, 0.15) is 29.3 Å². The average Bonchev–Trinajstić information content (AvgIpc) is 2.28. The van der Waals surface area contributed by atoms with Crippen molar-refractivity contribution in [3.8, 4) is 5.75 Å². The van der Waals surface area contributed by atoms with E-state index < -0.39 is 6.29 Å². The van der Waals surface area contributed by atoms with E-state index in [2.05, 4.69) is 6.58 Å². The minimum Gasteiger partial charge on any atom is -0.465 e. The Morgan fingerprint density at radius 2 is 2.31 bits per heavy atom. The summed E-state index contributed by atoms with van der Waals surface area (Å²) in [6.07, 6.45) is 0.997. The van der Waals surface area contributed by atoms with Gasteiger partial charge in [0.15, 0.2) is 12.1 Å². The molecule has 0 aliphatic carbocycles. The number of carbonyl (C=O) groups excluding carboxylic acids is 1. The van der Waals surface area contributed by atoms with Gasteiger partial charge in [0.05, 0.1) is 0 Å². The molecule has 1 unspecified atom stereocenters. The Balaban J connectivity index is 2.90. The molecule has 0 aliphatic rings. The van der Waals surface area contributed by atoms with Gasteiger partial charge in [0.2, 0.25) is 0 Å². The summed E-state index contributed by atoms with van der Waals surface area (Å²) < 4.78 is 5.23. The van der Waals surface area contributed by atoms with Crippen LogP contribution < -0.4 is 4.74 Å². The Bertz CT molecular complexity index is 396. The summed E-state index contributed by atoms with van der Waals surface area (Å²) in [6.45, 7) is 7.09. The van der Waals surface area contributed by atoms with Crippen LogP contribution >= 0.6 is 0 Å². The standard InChI is InChI=1S/C13H16O3/c1-4-12(14)11-7-6-10(8-9(11)3)16-13(15)5-2/h4,6-8,13,15H,1,5H2,2-3H3. The molecule has 3 heteroatoms. The van der Waals surface area contributed by atoms with Gasteiger partial charge in [-0.15, -0.1) is 0 Å². The molecule has 1 atom stereocenters. The number of ketones is 1. The number of hydrogen-bond donors (Lipinski definition) is 1. The maximum Gasteiger partial charge on any atom is 0.197 e. The maximum absolute atomic E-state index is 11.4. The molecule has 0 spiro atoms. The second-order valence-corrected chi connectivity index (χ2v) is 3.53. The molecule has 0 saturated heterocycles. The smallest absolute Gasteiger partial charge is 0.197 e. The number of benzene rings is 1. The van der Waals surface area contributed by atoms with Crippen LogP contribution in [0.2, 0.25) is 0 Å². The lowest BCUT2D eigenvalue weighted by Crippen LogP contribution is -2.13. The van der Waals surface area contributed by atoms with Gasteiger partial charge in [-0.3, -0.25) is 4.79 Å². The van der Waals surface area contributed by atoms with E-state index in [0.29, 0.717) is 17.7 Å². The first-order chi connectivity index (χ1) is 7.58. The zero-order valence-electron chi connectivity index (χ0n) is 9.56. The quantitative estimate of drug-likeness (QED) is 0.471. The summed E-state index contributed by atoms with van der Waals surface area (Å²) in [4.78, 5) is 11.4. The fraction of sp³-hybridized carbons (Fsp3) is 0.308. The number of rotatable bonds is 5. The first kappa shape index (κ1) is 12.5. The highest BCUT2D eigenvalue weighted by molar-refractivity contribution is 6.05. The molecule has 1 aromatic carbocycles. The second-order valence-electron chi connectivity index (χ2n) is 3.53. The van der Waals surface area contributed by atoms with Crippen molar-refractivity contribution < 1.29 is 14.6 Å². The number of aryl methyl sites for hydroxylation is 1. The molecule has 0 bridgehead atoms. The van der Waals surface area contributed by atoms with E-state index in [1.54, 1.807) is 18.2 Å². The molecule has 0 aliphatic heterocycles. The highest BCUT2D eigenvalue weighted by Crippen LogP contribution is 2.19. The highest BCUT2D eigenvalue weighted by atomic mass is 16.6. The first-order valence-corrected chi connectivity index (χ1v) is 5.20. The molecule has 0 fully saturated rings. The van der Waals surface area contributed by atoms with Crippen molar-refractivity contribution >= 4 is 5.78 Å². The van der Waals surface area contributed by atoms with Crippen molar-refractivity contribution in [3.63, 3.8) is 0 Å². The van der Waals surface area contributed by atoms with E-state index in [1.165, 1.54) is 6.08 Å². The van der Waals surface area contributed by atoms with Crippen LogP contribution in [0.5, 0.6) is 5.75 Å². The van der Waals surface area contributed by atoms with Crippen LogP contribution in [-0.2, 0) is 0 Å². The zero-order valence-corrected chi connectivity index (χ0v) is 9.56. The molecule has 86 valence electrons. The van der Waals surface area contributed by atoms with Crippen molar-refractivity contribution in [2.45, 2.75) is 26.6 Å². The van der Waals surface area contributed by atoms with Crippen molar-refractivity contribution in [3.05, 3.63) is 42.0 Å². The molecular weight excluding hydrogens is 204 g/mol. The van der Waals surface area contributed by atoms with Gasteiger partial charge in [0.25, 0.3) is 0 Å². The number of aliphatic hydroxyl groups excluding tert-OH is 1. The zero-order chi connectivity index (χ0) is 12.1. The fourth-order valence-corrected chi connectivity index (χ4v) is 1.34. The summed E-state index contributed by atoms with van der Waals surface area (Å²) >= 11 is 0. The lowest BCUT2D eigenvalue weighted by atomic mass is 10.0. The van der Waals surface area contributed by atoms with E-state index in [4.69, 9.17) is 4.74 Å². The predicted octanol–water partition coefficient (Wildman–Crippen LogP) is 2.47. The van der Waals surface area contributed by atoms with Crippen molar-refractivity contribution in [1.82, 2.24) is 0 Å². The van der Waals surface area contributed by atoms with Gasteiger partial charge in [0, 0.05) is 12.0 Å². The van der Waals surface area contributed by atoms with Gasteiger partial charge in [-0.25, -0.2) is 0 Å². The van der Waals surface area contributed by atoms with Gasteiger partial charge >= 0.3 is 0 Å². The molecule has 16 heavy (non-hydrogen) atoms. The minimum absolute atomic E-state index is 0.111. The van der Waals surface area contributed by atoms with Gasteiger partial charge < -0.3 is 9.84 Å². The van der Waals surface area contributed by atoms with Gasteiger partial charge in [0.1, 0.15) is 5.75 Å². The summed E-state index contributed by atoms with van der Waals surface area (Å²) in [5.41, 5.74) is 1.42. The molecule has 0 saturated carbocycles. The Kier molecular flexibility index (Phi) is 4.26. The predicted molar refractivity (Wildman–Crippen MR) is 62.6 cm³/mol. The normalized spacial score (nSPS) is 11.9. The summed E-state index contributed by atoms with van der Waals surface area (Å²) in [5.74, 6) is 0.451. The van der Waals surface area contributed by atoms with E-state index in [9.17, 15) is 9.90 Å². The van der Waals surface area contributed by atoms with Crippen molar-refractivity contribution in [2.24, 2.45) is 0 Å². The molecule has 0 heterocycles. The third-order valence-corrected chi connectivity index (χ3v) is 2.27. The number of allylic oxidation sites excluding steroid dienone is 1. The van der Waals surface area contributed by atoms with Crippen LogP contribution in [0.3, 0.4) is 0 Å². The van der Waals surface area contributed by atoms with Crippen LogP contribution in [-0.4, -0.2) is 17.2 Å². The molecule has 1 rings (SSSR count). The topological polar surface area (TPSA) is 46.5 Å². The fourth-order valence-electron chi connectivity index (χ4n) is 1.34. The molecule has 1 N–H and O–H groups in total. The maximum atomic E-state index is 11.4. The van der Waals surface area contributed by atoms with E-state index in [1.807, 2.05) is 13.8 Å². The van der Waals surface area contributed by atoms with E-state index in [-0.39, 0.29) is 5.78 Å². The summed E-state index contributed by atoms with van der Waals surface area (Å²) in [6, 6.07) is 5.08. The summed E-state index contributed by atoms with van der Waals surface area (Å²) in [7, 11) is 0. The number of carbonyl (C=O) groups is 1. The van der Waals surface area contributed by atoms with Crippen LogP contribution in [0, 0.1) is 6.92 Å². The molecule has 1 aromatic rings. The van der Waals surface area contributed by atoms with Crippen LogP contribution in [0.25, 0.3) is 0 Å². The summed E-state index contributed by atoms with van der Waals surface area (Å²) in [5, 5.41) is 9.32. The van der Waals surface area contributed by atoms with E-state index >= 15 is 0 Å². The third-order valence-electron chi connectivity index (χ3n) is 2.27. The monoisotopic (exact) mass is 220 g/mol. The molecular formula is C13H16O3. The minimum atomic E-state index is -0.805. The Morgan fingerprint density at radius 3 is 2.81 bits per heavy atom. The second kappa shape index (κ2) is 5.47. The van der Waals surface area contributed by atoms with E-state index in [0.717, 1.165) is 5.56 Å². The number of hydrogen-bond acceptors (Lipinski definition) is 3. The molecule has 0 aromatic heterocycles. The Morgan fingerprint density at radius 1 is 1.62 bits per heavy atom. The van der Waals surface area contributed by atoms with Crippen LogP contribution in [0.15, 0.2) is 30.9 Å². The lowest BCUT2D eigenvalue weighted by molar-refractivity contribution is -0.0191. The molecule has 0 radical (unpaired) electrons. The average molecular weight is 220 g/mol. The third kappa shape index (κ3) is 2.94. The highest BCUT2D eigenvalue weighted by Gasteiger charge is 2.08. The van der Waals surface area contributed by atoms with Gasteiger partial charge in [-0.1, -0.05) is 13.5 Å². The number of aliphatic hydroxyl groups is 1.